The first-order valence-corrected chi connectivity index (χ1v) is 13.5. The monoisotopic (exact) mass is 510 g/mol. The highest BCUT2D eigenvalue weighted by atomic mass is 16.2. The molecule has 7 heteroatoms. The molecule has 7 nitrogen and oxygen atoms in total. The zero-order chi connectivity index (χ0) is 26.6. The molecule has 0 bridgehead atoms. The van der Waals surface area contributed by atoms with Crippen LogP contribution in [0.2, 0.25) is 0 Å². The number of nitrogens with zero attached hydrogens (tertiary/aromatic N) is 5. The fourth-order valence-corrected chi connectivity index (χ4v) is 5.63. The third kappa shape index (κ3) is 5.31. The van der Waals surface area contributed by atoms with E-state index in [1.165, 1.54) is 11.3 Å². The van der Waals surface area contributed by atoms with Crippen molar-refractivity contribution < 1.29 is 6.22 Å². The third-order valence-corrected chi connectivity index (χ3v) is 7.83. The predicted molar refractivity (Wildman–Crippen MR) is 155 cm³/mol. The van der Waals surface area contributed by atoms with E-state index in [9.17, 15) is 10.1 Å². The number of piperazine rings is 1. The molecule has 38 heavy (non-hydrogen) atoms. The number of carbonyl (C=O) groups is 1. The summed E-state index contributed by atoms with van der Waals surface area (Å²) in [6.45, 7) is 10.9. The van der Waals surface area contributed by atoms with Crippen LogP contribution >= 0.6 is 0 Å². The molecule has 1 amide bonds. The number of anilines is 3. The Labute approximate surface area is 227 Å². The maximum absolute atomic E-state index is 13.5. The molecule has 2 saturated heterocycles. The van der Waals surface area contributed by atoms with Crippen molar-refractivity contribution in [3.05, 3.63) is 82.5 Å². The van der Waals surface area contributed by atoms with Gasteiger partial charge >= 0.3 is 0 Å². The Morgan fingerprint density at radius 3 is 2.18 bits per heavy atom. The van der Waals surface area contributed by atoms with Gasteiger partial charge < -0.3 is 20.0 Å². The fraction of sp³-hybridized carbons (Fsp3) is 0.387. The van der Waals surface area contributed by atoms with Crippen molar-refractivity contribution in [1.82, 2.24) is 9.88 Å². The van der Waals surface area contributed by atoms with E-state index >= 15 is 0 Å². The highest BCUT2D eigenvalue weighted by Gasteiger charge is 2.27. The van der Waals surface area contributed by atoms with Crippen LogP contribution < -0.4 is 15.1 Å². The lowest BCUT2D eigenvalue weighted by molar-refractivity contribution is 0.0740. The van der Waals surface area contributed by atoms with Gasteiger partial charge in [-0.1, -0.05) is 36.4 Å². The predicted octanol–water partition coefficient (Wildman–Crippen LogP) is 5.17. The smallest absolute Gasteiger partial charge is 0.272 e. The lowest BCUT2D eigenvalue weighted by atomic mass is 10.0. The first-order valence-electron chi connectivity index (χ1n) is 13.5. The molecule has 1 N–H and O–H groups in total. The number of nitrogens with one attached hydrogen (secondary N) is 1. The second kappa shape index (κ2) is 11.1. The summed E-state index contributed by atoms with van der Waals surface area (Å²) in [5, 5.41) is 13.1. The van der Waals surface area contributed by atoms with E-state index in [0.717, 1.165) is 67.2 Å². The van der Waals surface area contributed by atoms with E-state index in [4.69, 9.17) is 4.98 Å². The SMILES string of the molecule is Cc1ccccc1N1CCN(C(=O)c2nc(NC3CCN(c4ccccc4C#N)CC3)c(C)cc2C)CC1.[HH]. The van der Waals surface area contributed by atoms with Crippen molar-refractivity contribution in [1.29, 1.82) is 5.26 Å². The fourth-order valence-electron chi connectivity index (χ4n) is 5.63. The van der Waals surface area contributed by atoms with Crippen LogP contribution in [0.5, 0.6) is 0 Å². The summed E-state index contributed by atoms with van der Waals surface area (Å²) >= 11 is 0. The third-order valence-electron chi connectivity index (χ3n) is 7.83. The van der Waals surface area contributed by atoms with Crippen LogP contribution in [0.3, 0.4) is 0 Å². The second-order valence-corrected chi connectivity index (χ2v) is 10.4. The first-order chi connectivity index (χ1) is 18.4. The second-order valence-electron chi connectivity index (χ2n) is 10.4. The zero-order valence-corrected chi connectivity index (χ0v) is 22.6. The Bertz CT molecular complexity index is 1350. The van der Waals surface area contributed by atoms with Crippen molar-refractivity contribution in [3.8, 4) is 6.07 Å². The van der Waals surface area contributed by atoms with Crippen molar-refractivity contribution in [3.63, 3.8) is 0 Å². The number of hydrogen-bond donors (Lipinski definition) is 1. The molecule has 198 valence electrons. The Kier molecular flexibility index (Phi) is 7.50. The zero-order valence-electron chi connectivity index (χ0n) is 22.6. The molecule has 5 rings (SSSR count). The molecule has 0 unspecified atom stereocenters. The number of pyridine rings is 1. The molecule has 1 aromatic heterocycles. The van der Waals surface area contributed by atoms with Crippen LogP contribution in [-0.2, 0) is 0 Å². The molecule has 2 fully saturated rings. The molecule has 3 aromatic rings. The molecular formula is C31H38N6O. The maximum atomic E-state index is 13.5. The van der Waals surface area contributed by atoms with E-state index in [1.807, 2.05) is 36.1 Å². The minimum absolute atomic E-state index is 0. The molecule has 0 saturated carbocycles. The molecule has 0 radical (unpaired) electrons. The van der Waals surface area contributed by atoms with Gasteiger partial charge in [0.2, 0.25) is 0 Å². The number of amides is 1. The molecule has 3 heterocycles. The summed E-state index contributed by atoms with van der Waals surface area (Å²) in [5.74, 6) is 0.811. The average Bonchev–Trinajstić information content (AvgIpc) is 2.95. The average molecular weight is 511 g/mol. The van der Waals surface area contributed by atoms with Crippen LogP contribution in [0.15, 0.2) is 54.6 Å². The van der Waals surface area contributed by atoms with Gasteiger partial charge in [-0.05, 0) is 68.5 Å². The normalized spacial score (nSPS) is 16.3. The van der Waals surface area contributed by atoms with Crippen LogP contribution in [-0.4, -0.2) is 61.1 Å². The minimum atomic E-state index is 0. The summed E-state index contributed by atoms with van der Waals surface area (Å²) in [7, 11) is 0. The lowest BCUT2D eigenvalue weighted by Crippen LogP contribution is -2.49. The Morgan fingerprint density at radius 2 is 1.50 bits per heavy atom. The highest BCUT2D eigenvalue weighted by molar-refractivity contribution is 5.94. The standard InChI is InChI=1S/C31H36N6O.H2/c1-22-8-4-6-10-27(22)36-16-18-37(19-17-36)31(38)29-23(2)20-24(3)30(34-29)33-26-12-14-35(15-13-26)28-11-7-5-9-25(28)21-32;/h4-11,20,26H,12-19H2,1-3H3,(H,33,34);1H. The van der Waals surface area contributed by atoms with Gasteiger partial charge in [0.05, 0.1) is 11.3 Å². The van der Waals surface area contributed by atoms with E-state index in [-0.39, 0.29) is 13.4 Å². The van der Waals surface area contributed by atoms with Crippen molar-refractivity contribution in [2.24, 2.45) is 0 Å². The van der Waals surface area contributed by atoms with Crippen molar-refractivity contribution in [2.45, 2.75) is 39.7 Å². The van der Waals surface area contributed by atoms with Gasteiger partial charge in [0.25, 0.3) is 5.91 Å². The first kappa shape index (κ1) is 25.6. The summed E-state index contributed by atoms with van der Waals surface area (Å²) in [6, 6.07) is 20.9. The van der Waals surface area contributed by atoms with Gasteiger partial charge in [0, 0.05) is 52.4 Å². The Morgan fingerprint density at radius 1 is 0.868 bits per heavy atom. The number of para-hydroxylation sites is 2. The number of rotatable bonds is 5. The number of nitriles is 1. The van der Waals surface area contributed by atoms with Crippen molar-refractivity contribution >= 4 is 23.1 Å². The minimum Gasteiger partial charge on any atom is -0.370 e. The molecule has 2 aliphatic rings. The van der Waals surface area contributed by atoms with Gasteiger partial charge in [-0.15, -0.1) is 0 Å². The van der Waals surface area contributed by atoms with Gasteiger partial charge in [0.1, 0.15) is 17.6 Å². The topological polar surface area (TPSA) is 75.5 Å². The van der Waals surface area contributed by atoms with Gasteiger partial charge in [-0.25, -0.2) is 4.98 Å². The summed E-state index contributed by atoms with van der Waals surface area (Å²) in [5.41, 5.74) is 6.76. The number of hydrogen-bond acceptors (Lipinski definition) is 6. The number of aryl methyl sites for hydroxylation is 3. The van der Waals surface area contributed by atoms with E-state index in [1.54, 1.807) is 0 Å². The van der Waals surface area contributed by atoms with Crippen molar-refractivity contribution in [2.75, 3.05) is 54.4 Å². The van der Waals surface area contributed by atoms with E-state index < -0.39 is 0 Å². The Balaban J connectivity index is 0.00000353. The van der Waals surface area contributed by atoms with Crippen LogP contribution in [0.4, 0.5) is 17.2 Å². The number of aromatic nitrogens is 1. The van der Waals surface area contributed by atoms with Gasteiger partial charge in [0.15, 0.2) is 0 Å². The van der Waals surface area contributed by atoms with Gasteiger partial charge in [-0.3, -0.25) is 4.79 Å². The number of carbonyl (C=O) groups excluding carboxylic acids is 1. The quantitative estimate of drug-likeness (QED) is 0.511. The molecule has 0 spiro atoms. The lowest BCUT2D eigenvalue weighted by Gasteiger charge is -2.37. The Hall–Kier alpha value is -4.05. The molecule has 2 aliphatic heterocycles. The van der Waals surface area contributed by atoms with Crippen LogP contribution in [0, 0.1) is 32.1 Å². The summed E-state index contributed by atoms with van der Waals surface area (Å²) in [4.78, 5) is 25.0. The van der Waals surface area contributed by atoms with Gasteiger partial charge in [-0.2, -0.15) is 5.26 Å². The molecule has 0 atom stereocenters. The van der Waals surface area contributed by atoms with E-state index in [0.29, 0.717) is 18.8 Å². The molecule has 2 aromatic carbocycles. The van der Waals surface area contributed by atoms with Crippen LogP contribution in [0.25, 0.3) is 0 Å². The highest BCUT2D eigenvalue weighted by Crippen LogP contribution is 2.27. The molecular weight excluding hydrogens is 472 g/mol. The van der Waals surface area contributed by atoms with E-state index in [2.05, 4.69) is 65.4 Å². The van der Waals surface area contributed by atoms with Crippen LogP contribution in [0.1, 0.15) is 47.0 Å². The molecule has 0 aliphatic carbocycles. The maximum Gasteiger partial charge on any atom is 0.272 e. The summed E-state index contributed by atoms with van der Waals surface area (Å²) in [6.07, 6.45) is 1.89. The number of piperidine rings is 1. The largest absolute Gasteiger partial charge is 0.370 e. The number of benzene rings is 2. The summed E-state index contributed by atoms with van der Waals surface area (Å²) < 4.78 is 0.